The number of carbonyl (C=O) groups excluding carboxylic acids is 1. The fraction of sp³-hybridized carbons (Fsp3) is 0.267. The molecular weight excluding hydrogens is 287 g/mol. The number of aromatic amines is 1. The normalized spacial score (nSPS) is 12.2. The molecule has 2 N–H and O–H groups in total. The topological polar surface area (TPSA) is 78.1 Å². The minimum atomic E-state index is -0.627. The van der Waals surface area contributed by atoms with Crippen molar-refractivity contribution in [1.82, 2.24) is 20.2 Å². The van der Waals surface area contributed by atoms with Crippen molar-refractivity contribution in [3.8, 4) is 0 Å². The number of halogens is 1. The highest BCUT2D eigenvalue weighted by Crippen LogP contribution is 2.19. The first kappa shape index (κ1) is 15.8. The van der Waals surface area contributed by atoms with E-state index in [4.69, 9.17) is 0 Å². The zero-order valence-corrected chi connectivity index (χ0v) is 12.3. The molecule has 1 heterocycles. The monoisotopic (exact) mass is 304 g/mol. The van der Waals surface area contributed by atoms with Crippen LogP contribution in [0.3, 0.4) is 0 Å². The molecule has 0 saturated heterocycles. The first-order valence-electron chi connectivity index (χ1n) is 6.70. The molecule has 1 amide bonds. The van der Waals surface area contributed by atoms with E-state index in [1.54, 1.807) is 31.1 Å². The Kier molecular flexibility index (Phi) is 5.00. The Labute approximate surface area is 127 Å². The number of aromatic nitrogens is 2. The minimum Gasteiger partial charge on any atom is -0.349 e. The molecule has 0 unspecified atom stereocenters. The second kappa shape index (κ2) is 6.95. The molecule has 1 aromatic carbocycles. The van der Waals surface area contributed by atoms with Crippen molar-refractivity contribution in [2.24, 2.45) is 0 Å². The van der Waals surface area contributed by atoms with E-state index in [0.717, 1.165) is 0 Å². The van der Waals surface area contributed by atoms with E-state index < -0.39 is 11.9 Å². The maximum Gasteiger partial charge on any atom is 0.250 e. The first-order chi connectivity index (χ1) is 10.5. The molecular formula is C15H17FN4O2. The van der Waals surface area contributed by atoms with E-state index in [-0.39, 0.29) is 18.0 Å². The highest BCUT2D eigenvalue weighted by Gasteiger charge is 2.23. The van der Waals surface area contributed by atoms with Crippen LogP contribution in [0.2, 0.25) is 0 Å². The Morgan fingerprint density at radius 1 is 1.41 bits per heavy atom. The van der Waals surface area contributed by atoms with Crippen molar-refractivity contribution in [1.29, 1.82) is 0 Å². The number of benzene rings is 1. The van der Waals surface area contributed by atoms with Crippen molar-refractivity contribution in [2.45, 2.75) is 12.6 Å². The molecule has 0 bridgehead atoms. The number of nitrogens with zero attached hydrogens (tertiary/aromatic N) is 2. The zero-order valence-electron chi connectivity index (χ0n) is 12.3. The number of amides is 1. The van der Waals surface area contributed by atoms with Gasteiger partial charge in [-0.25, -0.2) is 9.37 Å². The van der Waals surface area contributed by atoms with E-state index in [1.165, 1.54) is 24.5 Å². The predicted octanol–water partition coefficient (Wildman–Crippen LogP) is 0.828. The van der Waals surface area contributed by atoms with Gasteiger partial charge in [0.25, 0.3) is 5.56 Å². The number of hydrogen-bond acceptors (Lipinski definition) is 4. The third-order valence-electron chi connectivity index (χ3n) is 3.11. The Bertz CT molecular complexity index is 714. The van der Waals surface area contributed by atoms with Gasteiger partial charge in [-0.1, -0.05) is 12.1 Å². The number of rotatable bonds is 5. The summed E-state index contributed by atoms with van der Waals surface area (Å²) in [5.41, 5.74) is 0.726. The third-order valence-corrected chi connectivity index (χ3v) is 3.11. The zero-order chi connectivity index (χ0) is 16.1. The van der Waals surface area contributed by atoms with Crippen LogP contribution in [0.25, 0.3) is 0 Å². The summed E-state index contributed by atoms with van der Waals surface area (Å²) in [6, 6.07) is 6.60. The molecule has 116 valence electrons. The average Bonchev–Trinajstić information content (AvgIpc) is 2.45. The van der Waals surface area contributed by atoms with Gasteiger partial charge in [0.2, 0.25) is 5.91 Å². The van der Waals surface area contributed by atoms with E-state index in [1.807, 2.05) is 0 Å². The van der Waals surface area contributed by atoms with Crippen LogP contribution in [-0.4, -0.2) is 34.9 Å². The lowest BCUT2D eigenvalue weighted by atomic mass is 10.1. The second-order valence-electron chi connectivity index (χ2n) is 5.04. The molecule has 0 radical (unpaired) electrons. The van der Waals surface area contributed by atoms with E-state index >= 15 is 0 Å². The van der Waals surface area contributed by atoms with Crippen molar-refractivity contribution in [3.05, 3.63) is 64.1 Å². The van der Waals surface area contributed by atoms with Gasteiger partial charge < -0.3 is 10.3 Å². The Hall–Kier alpha value is -2.54. The lowest BCUT2D eigenvalue weighted by Gasteiger charge is -2.23. The van der Waals surface area contributed by atoms with Crippen LogP contribution < -0.4 is 10.9 Å². The number of nitrogens with one attached hydrogen (secondary N) is 2. The summed E-state index contributed by atoms with van der Waals surface area (Å²) < 4.78 is 13.4. The predicted molar refractivity (Wildman–Crippen MR) is 79.5 cm³/mol. The van der Waals surface area contributed by atoms with Gasteiger partial charge in [-0.05, 0) is 31.8 Å². The van der Waals surface area contributed by atoms with Gasteiger partial charge in [0.05, 0.1) is 18.6 Å². The summed E-state index contributed by atoms with van der Waals surface area (Å²) in [6.45, 7) is 0.127. The molecule has 6 nitrogen and oxygen atoms in total. The Morgan fingerprint density at radius 2 is 2.18 bits per heavy atom. The van der Waals surface area contributed by atoms with Gasteiger partial charge in [-0.2, -0.15) is 0 Å². The van der Waals surface area contributed by atoms with E-state index in [2.05, 4.69) is 15.3 Å². The molecule has 0 aliphatic rings. The van der Waals surface area contributed by atoms with Crippen molar-refractivity contribution in [3.63, 3.8) is 0 Å². The van der Waals surface area contributed by atoms with Crippen molar-refractivity contribution in [2.75, 3.05) is 14.1 Å². The summed E-state index contributed by atoms with van der Waals surface area (Å²) >= 11 is 0. The molecule has 0 spiro atoms. The van der Waals surface area contributed by atoms with Crippen molar-refractivity contribution < 1.29 is 9.18 Å². The van der Waals surface area contributed by atoms with Gasteiger partial charge in [0.1, 0.15) is 11.9 Å². The summed E-state index contributed by atoms with van der Waals surface area (Å²) in [5.74, 6) is -0.689. The lowest BCUT2D eigenvalue weighted by molar-refractivity contribution is -0.126. The highest BCUT2D eigenvalue weighted by atomic mass is 19.1. The lowest BCUT2D eigenvalue weighted by Crippen LogP contribution is -2.37. The SMILES string of the molecule is CN(C)[C@@H](C(=O)NCc1cc(=O)[nH]cn1)c1cccc(F)c1. The Morgan fingerprint density at radius 3 is 2.82 bits per heavy atom. The van der Waals surface area contributed by atoms with E-state index in [0.29, 0.717) is 11.3 Å². The van der Waals surface area contributed by atoms with Crippen LogP contribution in [0.4, 0.5) is 4.39 Å². The van der Waals surface area contributed by atoms with Gasteiger partial charge in [0, 0.05) is 6.07 Å². The van der Waals surface area contributed by atoms with Crippen LogP contribution in [0.15, 0.2) is 41.5 Å². The maximum absolute atomic E-state index is 13.4. The fourth-order valence-electron chi connectivity index (χ4n) is 2.14. The molecule has 0 aliphatic heterocycles. The number of hydrogen-bond donors (Lipinski definition) is 2. The summed E-state index contributed by atoms with van der Waals surface area (Å²) in [5, 5.41) is 2.71. The first-order valence-corrected chi connectivity index (χ1v) is 6.70. The van der Waals surface area contributed by atoms with Crippen molar-refractivity contribution >= 4 is 5.91 Å². The molecule has 1 atom stereocenters. The summed E-state index contributed by atoms with van der Waals surface area (Å²) in [4.78, 5) is 31.6. The summed E-state index contributed by atoms with van der Waals surface area (Å²) in [6.07, 6.45) is 1.28. The van der Waals surface area contributed by atoms with Crippen LogP contribution >= 0.6 is 0 Å². The smallest absolute Gasteiger partial charge is 0.250 e. The second-order valence-corrected chi connectivity index (χ2v) is 5.04. The van der Waals surface area contributed by atoms with Crippen LogP contribution in [0, 0.1) is 5.82 Å². The molecule has 0 saturated carbocycles. The third kappa shape index (κ3) is 3.98. The molecule has 22 heavy (non-hydrogen) atoms. The molecule has 1 aromatic heterocycles. The molecule has 2 rings (SSSR count). The quantitative estimate of drug-likeness (QED) is 0.857. The van der Waals surface area contributed by atoms with Gasteiger partial charge in [-0.3, -0.25) is 14.5 Å². The van der Waals surface area contributed by atoms with Gasteiger partial charge in [0.15, 0.2) is 0 Å². The molecule has 0 fully saturated rings. The molecule has 7 heteroatoms. The maximum atomic E-state index is 13.4. The Balaban J connectivity index is 2.12. The molecule has 2 aromatic rings. The minimum absolute atomic E-state index is 0.127. The van der Waals surface area contributed by atoms with E-state index in [9.17, 15) is 14.0 Å². The molecule has 0 aliphatic carbocycles. The van der Waals surface area contributed by atoms with Gasteiger partial charge in [-0.15, -0.1) is 0 Å². The average molecular weight is 304 g/mol. The number of likely N-dealkylation sites (N-methyl/N-ethyl adjacent to an activating group) is 1. The van der Waals surface area contributed by atoms with Crippen LogP contribution in [0.5, 0.6) is 0 Å². The fourth-order valence-corrected chi connectivity index (χ4v) is 2.14. The standard InChI is InChI=1S/C15H17FN4O2/c1-20(2)14(10-4-3-5-11(16)6-10)15(22)17-8-12-7-13(21)19-9-18-12/h3-7,9,14H,8H2,1-2H3,(H,17,22)(H,18,19,21)/t14-/m1/s1. The van der Waals surface area contributed by atoms with Crippen LogP contribution in [-0.2, 0) is 11.3 Å². The largest absolute Gasteiger partial charge is 0.349 e. The number of H-pyrrole nitrogens is 1. The summed E-state index contributed by atoms with van der Waals surface area (Å²) in [7, 11) is 3.47. The van der Waals surface area contributed by atoms with Gasteiger partial charge >= 0.3 is 0 Å². The van der Waals surface area contributed by atoms with Crippen LogP contribution in [0.1, 0.15) is 17.3 Å². The number of carbonyl (C=O) groups is 1. The highest BCUT2D eigenvalue weighted by molar-refractivity contribution is 5.83.